The van der Waals surface area contributed by atoms with Crippen molar-refractivity contribution >= 4 is 41.5 Å². The Labute approximate surface area is 206 Å². The van der Waals surface area contributed by atoms with E-state index < -0.39 is 66.3 Å². The van der Waals surface area contributed by atoms with Gasteiger partial charge in [-0.2, -0.15) is 0 Å². The van der Waals surface area contributed by atoms with Crippen LogP contribution in [0.5, 0.6) is 0 Å². The average Bonchev–Trinajstić information content (AvgIpc) is 2.79. The minimum atomic E-state index is -1.67. The molecule has 0 saturated heterocycles. The van der Waals surface area contributed by atoms with Gasteiger partial charge in [0.05, 0.1) is 12.6 Å². The van der Waals surface area contributed by atoms with E-state index in [1.54, 1.807) is 0 Å². The molecule has 0 rings (SSSR count). The fourth-order valence-electron chi connectivity index (χ4n) is 2.77. The van der Waals surface area contributed by atoms with Gasteiger partial charge in [-0.25, -0.2) is 4.79 Å². The molecular weight excluding hydrogens is 482 g/mol. The molecule has 0 fully saturated rings. The van der Waals surface area contributed by atoms with Crippen molar-refractivity contribution in [1.82, 2.24) is 16.0 Å². The Balaban J connectivity index is 5.46. The predicted molar refractivity (Wildman–Crippen MR) is 125 cm³/mol. The summed E-state index contributed by atoms with van der Waals surface area (Å²) in [6.07, 6.45) is -0.697. The summed E-state index contributed by atoms with van der Waals surface area (Å²) >= 11 is 0. The molecule has 4 atom stereocenters. The van der Waals surface area contributed by atoms with E-state index in [0.717, 1.165) is 0 Å². The highest BCUT2D eigenvalue weighted by atomic mass is 16.4. The summed E-state index contributed by atoms with van der Waals surface area (Å²) in [7, 11) is 0. The van der Waals surface area contributed by atoms with Gasteiger partial charge in [0, 0.05) is 19.4 Å². The van der Waals surface area contributed by atoms with Gasteiger partial charge in [-0.15, -0.1) is 0 Å². The minimum Gasteiger partial charge on any atom is -0.480 e. The molecule has 0 radical (unpaired) electrons. The molecule has 0 bridgehead atoms. The number of carboxylic acids is 1. The number of nitrogens with two attached hydrogens (primary N) is 5. The number of hydrogen-bond acceptors (Lipinski definition) is 9. The zero-order valence-electron chi connectivity index (χ0n) is 19.6. The maximum Gasteiger partial charge on any atom is 0.328 e. The summed E-state index contributed by atoms with van der Waals surface area (Å²) in [4.78, 5) is 75.1. The molecule has 15 N–H and O–H groups in total. The summed E-state index contributed by atoms with van der Waals surface area (Å²) < 4.78 is 0. The molecule has 0 saturated carbocycles. The van der Waals surface area contributed by atoms with Gasteiger partial charge >= 0.3 is 5.97 Å². The van der Waals surface area contributed by atoms with Crippen molar-refractivity contribution in [2.75, 3.05) is 13.2 Å². The van der Waals surface area contributed by atoms with Crippen LogP contribution in [-0.4, -0.2) is 89.0 Å². The number of carbonyl (C=O) groups is 6. The number of nitrogens with zero attached hydrogens (tertiary/aromatic N) is 1. The molecule has 0 aliphatic rings. The maximum absolute atomic E-state index is 12.9. The molecule has 0 heterocycles. The molecule has 4 unspecified atom stereocenters. The minimum absolute atomic E-state index is 0.125. The lowest BCUT2D eigenvalue weighted by atomic mass is 10.1. The van der Waals surface area contributed by atoms with Crippen molar-refractivity contribution in [3.63, 3.8) is 0 Å². The van der Waals surface area contributed by atoms with Gasteiger partial charge in [-0.3, -0.25) is 29.0 Å². The third kappa shape index (κ3) is 13.7. The van der Waals surface area contributed by atoms with Crippen LogP contribution in [0.2, 0.25) is 0 Å². The second-order valence-corrected chi connectivity index (χ2v) is 7.77. The molecule has 17 nitrogen and oxygen atoms in total. The van der Waals surface area contributed by atoms with E-state index in [-0.39, 0.29) is 44.6 Å². The monoisotopic (exact) mass is 517 g/mol. The number of nitrogens with one attached hydrogen (secondary N) is 3. The van der Waals surface area contributed by atoms with Crippen molar-refractivity contribution < 1.29 is 39.0 Å². The maximum atomic E-state index is 12.9. The zero-order valence-corrected chi connectivity index (χ0v) is 19.6. The Bertz CT molecular complexity index is 832. The second kappa shape index (κ2) is 16.6. The fraction of sp³-hybridized carbons (Fsp3) is 0.632. The Morgan fingerprint density at radius 1 is 0.722 bits per heavy atom. The highest BCUT2D eigenvalue weighted by Gasteiger charge is 2.30. The zero-order chi connectivity index (χ0) is 27.8. The number of aliphatic hydroxyl groups is 1. The SMILES string of the molecule is NC(=O)CCC(NC(=O)C(N)CCCN=C(N)N)C(=O)NC(CCC(N)=O)C(=O)NC(CO)C(=O)O. The molecule has 17 heteroatoms. The van der Waals surface area contributed by atoms with Crippen LogP contribution >= 0.6 is 0 Å². The number of amides is 5. The highest BCUT2D eigenvalue weighted by molar-refractivity contribution is 5.94. The van der Waals surface area contributed by atoms with E-state index in [4.69, 9.17) is 38.9 Å². The molecule has 5 amide bonds. The molecule has 0 aliphatic heterocycles. The van der Waals surface area contributed by atoms with Crippen molar-refractivity contribution in [2.45, 2.75) is 62.7 Å². The summed E-state index contributed by atoms with van der Waals surface area (Å²) in [5.41, 5.74) is 26.5. The number of carbonyl (C=O) groups excluding carboxylic acids is 5. The van der Waals surface area contributed by atoms with Crippen molar-refractivity contribution in [1.29, 1.82) is 0 Å². The molecule has 204 valence electrons. The Morgan fingerprint density at radius 3 is 1.56 bits per heavy atom. The molecule has 0 spiro atoms. The first-order chi connectivity index (χ1) is 16.8. The van der Waals surface area contributed by atoms with Gasteiger partial charge in [0.25, 0.3) is 0 Å². The van der Waals surface area contributed by atoms with Gasteiger partial charge in [0.1, 0.15) is 18.1 Å². The van der Waals surface area contributed by atoms with Crippen LogP contribution in [0.4, 0.5) is 0 Å². The van der Waals surface area contributed by atoms with Crippen molar-refractivity contribution in [3.05, 3.63) is 0 Å². The van der Waals surface area contributed by atoms with Crippen LogP contribution < -0.4 is 44.6 Å². The largest absolute Gasteiger partial charge is 0.480 e. The van der Waals surface area contributed by atoms with Gasteiger partial charge < -0.3 is 54.8 Å². The highest BCUT2D eigenvalue weighted by Crippen LogP contribution is 2.05. The number of rotatable bonds is 18. The smallest absolute Gasteiger partial charge is 0.328 e. The first-order valence-electron chi connectivity index (χ1n) is 10.9. The molecule has 0 aromatic heterocycles. The first kappa shape index (κ1) is 32.0. The molecule has 0 aromatic rings. The summed E-state index contributed by atoms with van der Waals surface area (Å²) in [5, 5.41) is 24.8. The van der Waals surface area contributed by atoms with Gasteiger partial charge in [0.2, 0.25) is 29.5 Å². The number of guanidine groups is 1. The van der Waals surface area contributed by atoms with E-state index in [9.17, 15) is 28.8 Å². The standard InChI is InChI=1S/C19H35N9O8/c20-9(2-1-7-25-19(23)24)15(32)26-10(3-5-13(21)30)16(33)27-11(4-6-14(22)31)17(34)28-12(8-29)18(35)36/h9-12,29H,1-8,20H2,(H2,21,30)(H2,22,31)(H,26,32)(H,27,33)(H,28,34)(H,35,36)(H4,23,24,25). The summed E-state index contributed by atoms with van der Waals surface area (Å²) in [6, 6.07) is -5.55. The first-order valence-corrected chi connectivity index (χ1v) is 10.9. The lowest BCUT2D eigenvalue weighted by Gasteiger charge is -2.24. The van der Waals surface area contributed by atoms with Gasteiger partial charge in [0.15, 0.2) is 5.96 Å². The fourth-order valence-corrected chi connectivity index (χ4v) is 2.77. The van der Waals surface area contributed by atoms with Crippen LogP contribution in [0, 0.1) is 0 Å². The van der Waals surface area contributed by atoms with E-state index >= 15 is 0 Å². The third-order valence-electron chi connectivity index (χ3n) is 4.73. The quantitative estimate of drug-likeness (QED) is 0.0464. The van der Waals surface area contributed by atoms with Crippen molar-refractivity contribution in [3.8, 4) is 0 Å². The van der Waals surface area contributed by atoms with Crippen LogP contribution in [0.3, 0.4) is 0 Å². The van der Waals surface area contributed by atoms with Crippen LogP contribution in [0.25, 0.3) is 0 Å². The molecule has 0 aliphatic carbocycles. The molecule has 36 heavy (non-hydrogen) atoms. The van der Waals surface area contributed by atoms with Crippen LogP contribution in [0.1, 0.15) is 38.5 Å². The predicted octanol–water partition coefficient (Wildman–Crippen LogP) is -5.57. The number of aliphatic hydroxyl groups excluding tert-OH is 1. The van der Waals surface area contributed by atoms with E-state index in [1.807, 2.05) is 5.32 Å². The number of carboxylic acid groups (broad SMARTS) is 1. The lowest BCUT2D eigenvalue weighted by molar-refractivity contribution is -0.143. The topological polar surface area (TPSA) is 321 Å². The third-order valence-corrected chi connectivity index (χ3v) is 4.73. The average molecular weight is 518 g/mol. The molecular formula is C19H35N9O8. The van der Waals surface area contributed by atoms with Crippen LogP contribution in [0.15, 0.2) is 4.99 Å². The lowest BCUT2D eigenvalue weighted by Crippen LogP contribution is -2.57. The second-order valence-electron chi connectivity index (χ2n) is 7.77. The Hall–Kier alpha value is -3.99. The number of aliphatic imine (C=N–C) groups is 1. The summed E-state index contributed by atoms with van der Waals surface area (Å²) in [6.45, 7) is -0.716. The number of aliphatic carboxylic acids is 1. The van der Waals surface area contributed by atoms with Gasteiger partial charge in [-0.05, 0) is 25.7 Å². The Morgan fingerprint density at radius 2 is 1.17 bits per heavy atom. The number of hydrogen-bond donors (Lipinski definition) is 10. The Kier molecular flexibility index (Phi) is 14.8. The van der Waals surface area contributed by atoms with E-state index in [0.29, 0.717) is 6.42 Å². The van der Waals surface area contributed by atoms with Crippen molar-refractivity contribution in [2.24, 2.45) is 33.7 Å². The van der Waals surface area contributed by atoms with E-state index in [1.165, 1.54) is 0 Å². The van der Waals surface area contributed by atoms with Crippen LogP contribution in [-0.2, 0) is 28.8 Å². The van der Waals surface area contributed by atoms with Gasteiger partial charge in [-0.1, -0.05) is 0 Å². The summed E-state index contributed by atoms with van der Waals surface area (Å²) in [5.74, 6) is -5.93. The number of primary amides is 2. The normalized spacial score (nSPS) is 13.8. The van der Waals surface area contributed by atoms with E-state index in [2.05, 4.69) is 15.6 Å². The molecule has 0 aromatic carbocycles.